The van der Waals surface area contributed by atoms with Crippen molar-refractivity contribution in [2.24, 2.45) is 0 Å². The lowest BCUT2D eigenvalue weighted by atomic mass is 9.83. The molecule has 44 heavy (non-hydrogen) atoms. The fourth-order valence-corrected chi connectivity index (χ4v) is 6.12. The van der Waals surface area contributed by atoms with Gasteiger partial charge in [0.2, 0.25) is 0 Å². The average Bonchev–Trinajstić information content (AvgIpc) is 3.72. The van der Waals surface area contributed by atoms with Gasteiger partial charge >= 0.3 is 12.1 Å². The summed E-state index contributed by atoms with van der Waals surface area (Å²) in [6.07, 6.45) is -1.54. The maximum Gasteiger partial charge on any atom is 0.453 e. The monoisotopic (exact) mass is 604 g/mol. The third-order valence-corrected chi connectivity index (χ3v) is 8.03. The summed E-state index contributed by atoms with van der Waals surface area (Å²) >= 11 is 0. The van der Waals surface area contributed by atoms with Crippen molar-refractivity contribution in [3.8, 4) is 11.4 Å². The molecule has 0 N–H and O–H groups in total. The number of halogens is 3. The smallest absolute Gasteiger partial charge is 0.453 e. The SMILES string of the molecule is COC(=O)COc1ccc(-n2nnnc2C(F)(F)F)cc1CN1CC2=CCCN2[C@H](C(c2ccccc2)c2ccccc2)C1. The van der Waals surface area contributed by atoms with E-state index < -0.39 is 18.0 Å². The molecule has 0 amide bonds. The number of aromatic nitrogens is 4. The molecule has 0 bridgehead atoms. The second-order valence-corrected chi connectivity index (χ2v) is 10.8. The van der Waals surface area contributed by atoms with E-state index in [1.807, 2.05) is 12.1 Å². The molecule has 1 atom stereocenters. The lowest BCUT2D eigenvalue weighted by Gasteiger charge is -2.46. The van der Waals surface area contributed by atoms with Gasteiger partial charge in [-0.2, -0.15) is 17.9 Å². The van der Waals surface area contributed by atoms with Crippen LogP contribution in [0.4, 0.5) is 13.2 Å². The number of esters is 1. The minimum Gasteiger partial charge on any atom is -0.482 e. The predicted molar refractivity (Wildman–Crippen MR) is 155 cm³/mol. The maximum atomic E-state index is 13.6. The predicted octanol–water partition coefficient (Wildman–Crippen LogP) is 4.84. The van der Waals surface area contributed by atoms with Crippen molar-refractivity contribution in [3.63, 3.8) is 0 Å². The first kappa shape index (κ1) is 29.4. The van der Waals surface area contributed by atoms with Crippen molar-refractivity contribution in [2.45, 2.75) is 31.1 Å². The molecular weight excluding hydrogens is 573 g/mol. The van der Waals surface area contributed by atoms with E-state index in [9.17, 15) is 18.0 Å². The highest BCUT2D eigenvalue weighted by Gasteiger charge is 2.40. The molecular formula is C32H31F3N6O3. The van der Waals surface area contributed by atoms with Crippen LogP contribution in [0.25, 0.3) is 5.69 Å². The number of carbonyl (C=O) groups excluding carboxylic acids is 1. The second kappa shape index (κ2) is 12.5. The van der Waals surface area contributed by atoms with Crippen LogP contribution in [0.5, 0.6) is 5.75 Å². The number of fused-ring (bicyclic) bond motifs is 1. The number of methoxy groups -OCH3 is 1. The summed E-state index contributed by atoms with van der Waals surface area (Å²) < 4.78 is 52.1. The van der Waals surface area contributed by atoms with Crippen LogP contribution in [0.2, 0.25) is 0 Å². The maximum absolute atomic E-state index is 13.6. The quantitative estimate of drug-likeness (QED) is 0.251. The van der Waals surface area contributed by atoms with Gasteiger partial charge in [-0.05, 0) is 46.2 Å². The van der Waals surface area contributed by atoms with Gasteiger partial charge in [0.05, 0.1) is 18.8 Å². The van der Waals surface area contributed by atoms with E-state index in [0.29, 0.717) is 35.6 Å². The molecule has 0 radical (unpaired) electrons. The summed E-state index contributed by atoms with van der Waals surface area (Å²) in [5.41, 5.74) is 4.35. The molecule has 1 fully saturated rings. The summed E-state index contributed by atoms with van der Waals surface area (Å²) in [6, 6.07) is 25.5. The Kier molecular flexibility index (Phi) is 8.34. The molecule has 3 aromatic carbocycles. The van der Waals surface area contributed by atoms with E-state index in [-0.39, 0.29) is 24.3 Å². The normalized spacial score (nSPS) is 17.0. The summed E-state index contributed by atoms with van der Waals surface area (Å²) in [7, 11) is 1.26. The lowest BCUT2D eigenvalue weighted by molar-refractivity contribution is -0.146. The highest BCUT2D eigenvalue weighted by molar-refractivity contribution is 5.71. The summed E-state index contributed by atoms with van der Waals surface area (Å²) in [5, 5.41) is 10.0. The molecule has 0 saturated carbocycles. The Labute approximate surface area is 252 Å². The van der Waals surface area contributed by atoms with Crippen LogP contribution >= 0.6 is 0 Å². The second-order valence-electron chi connectivity index (χ2n) is 10.8. The van der Waals surface area contributed by atoms with E-state index in [1.54, 1.807) is 6.07 Å². The minimum absolute atomic E-state index is 0.0821. The Hall–Kier alpha value is -4.71. The molecule has 3 heterocycles. The third kappa shape index (κ3) is 6.16. The molecule has 1 saturated heterocycles. The highest BCUT2D eigenvalue weighted by atomic mass is 19.4. The molecule has 12 heteroatoms. The van der Waals surface area contributed by atoms with Crippen LogP contribution in [0.15, 0.2) is 90.6 Å². The van der Waals surface area contributed by atoms with Crippen LogP contribution < -0.4 is 4.74 Å². The molecule has 228 valence electrons. The van der Waals surface area contributed by atoms with Crippen LogP contribution in [-0.4, -0.2) is 75.4 Å². The van der Waals surface area contributed by atoms with Crippen molar-refractivity contribution < 1.29 is 27.4 Å². The van der Waals surface area contributed by atoms with E-state index >= 15 is 0 Å². The Balaban J connectivity index is 1.36. The third-order valence-electron chi connectivity index (χ3n) is 8.03. The summed E-state index contributed by atoms with van der Waals surface area (Å²) in [4.78, 5) is 16.6. The zero-order chi connectivity index (χ0) is 30.7. The van der Waals surface area contributed by atoms with E-state index in [2.05, 4.69) is 79.9 Å². The molecule has 2 aliphatic heterocycles. The Morgan fingerprint density at radius 3 is 2.39 bits per heavy atom. The van der Waals surface area contributed by atoms with Gasteiger partial charge in [0.25, 0.3) is 5.82 Å². The van der Waals surface area contributed by atoms with Gasteiger partial charge in [-0.3, -0.25) is 4.90 Å². The Morgan fingerprint density at radius 1 is 1.02 bits per heavy atom. The van der Waals surface area contributed by atoms with E-state index in [0.717, 1.165) is 13.0 Å². The van der Waals surface area contributed by atoms with Crippen LogP contribution in [-0.2, 0) is 22.3 Å². The molecule has 0 unspecified atom stereocenters. The first-order valence-electron chi connectivity index (χ1n) is 14.3. The Morgan fingerprint density at radius 2 is 1.73 bits per heavy atom. The van der Waals surface area contributed by atoms with Crippen molar-refractivity contribution in [1.29, 1.82) is 0 Å². The molecule has 2 aliphatic rings. The number of ether oxygens (including phenoxy) is 2. The molecule has 4 aromatic rings. The zero-order valence-electron chi connectivity index (χ0n) is 24.0. The van der Waals surface area contributed by atoms with Crippen LogP contribution in [0, 0.1) is 0 Å². The summed E-state index contributed by atoms with van der Waals surface area (Å²) in [6.45, 7) is 2.28. The molecule has 0 aliphatic carbocycles. The first-order valence-corrected chi connectivity index (χ1v) is 14.3. The molecule has 1 aromatic heterocycles. The van der Waals surface area contributed by atoms with Gasteiger partial charge in [-0.1, -0.05) is 66.7 Å². The molecule has 9 nitrogen and oxygen atoms in total. The van der Waals surface area contributed by atoms with Crippen LogP contribution in [0.1, 0.15) is 34.9 Å². The average molecular weight is 605 g/mol. The molecule has 6 rings (SSSR count). The number of piperazine rings is 1. The number of carbonyl (C=O) groups is 1. The lowest BCUT2D eigenvalue weighted by Crippen LogP contribution is -2.52. The van der Waals surface area contributed by atoms with E-state index in [1.165, 1.54) is 36.1 Å². The standard InChI is InChI=1S/C32H31F3N6O3/c1-43-29(42)21-44-28-15-14-25(41-31(32(33,34)35)36-37-38-41)17-24(28)18-39-19-26-13-8-16-40(26)27(20-39)30(22-9-4-2-5-10-22)23-11-6-3-7-12-23/h2-7,9-15,17,27,30H,8,16,18-21H2,1H3/t27-/m0/s1. The number of nitrogens with zero attached hydrogens (tertiary/aromatic N) is 6. The van der Waals surface area contributed by atoms with Crippen molar-refractivity contribution in [1.82, 2.24) is 30.0 Å². The first-order chi connectivity index (χ1) is 21.3. The fraction of sp³-hybridized carbons (Fsp3) is 0.312. The Bertz CT molecular complexity index is 1590. The topological polar surface area (TPSA) is 85.6 Å². The van der Waals surface area contributed by atoms with Gasteiger partial charge in [-0.25, -0.2) is 4.79 Å². The van der Waals surface area contributed by atoms with Gasteiger partial charge in [0, 0.05) is 43.4 Å². The van der Waals surface area contributed by atoms with Gasteiger partial charge in [0.1, 0.15) is 5.75 Å². The number of hydrogen-bond donors (Lipinski definition) is 0. The largest absolute Gasteiger partial charge is 0.482 e. The molecule has 0 spiro atoms. The van der Waals surface area contributed by atoms with Gasteiger partial charge in [0.15, 0.2) is 6.61 Å². The van der Waals surface area contributed by atoms with Gasteiger partial charge in [-0.15, -0.1) is 5.10 Å². The van der Waals surface area contributed by atoms with Gasteiger partial charge < -0.3 is 14.4 Å². The number of hydrogen-bond acceptors (Lipinski definition) is 8. The van der Waals surface area contributed by atoms with Crippen molar-refractivity contribution in [2.75, 3.05) is 33.4 Å². The highest BCUT2D eigenvalue weighted by Crippen LogP contribution is 2.38. The number of alkyl halides is 3. The number of tetrazole rings is 1. The van der Waals surface area contributed by atoms with Crippen LogP contribution in [0.3, 0.4) is 0 Å². The number of benzene rings is 3. The zero-order valence-corrected chi connectivity index (χ0v) is 24.0. The minimum atomic E-state index is -4.74. The van der Waals surface area contributed by atoms with Crippen molar-refractivity contribution in [3.05, 3.63) is 113 Å². The van der Waals surface area contributed by atoms with E-state index in [4.69, 9.17) is 9.47 Å². The summed E-state index contributed by atoms with van der Waals surface area (Å²) in [5.74, 6) is -1.36. The fourth-order valence-electron chi connectivity index (χ4n) is 6.12. The number of rotatable bonds is 9. The van der Waals surface area contributed by atoms with Crippen molar-refractivity contribution >= 4 is 5.97 Å².